The minimum absolute atomic E-state index is 0.0847. The number of hydrogen-bond acceptors (Lipinski definition) is 6. The molecule has 0 N–H and O–H groups in total. The highest BCUT2D eigenvalue weighted by molar-refractivity contribution is 6.30. The average Bonchev–Trinajstić information content (AvgIpc) is 2.69. The van der Waals surface area contributed by atoms with Gasteiger partial charge < -0.3 is 4.90 Å². The second-order valence-corrected chi connectivity index (χ2v) is 6.97. The van der Waals surface area contributed by atoms with Crippen LogP contribution in [-0.2, 0) is 6.54 Å². The van der Waals surface area contributed by atoms with Crippen molar-refractivity contribution in [2.45, 2.75) is 6.54 Å². The van der Waals surface area contributed by atoms with Crippen molar-refractivity contribution in [3.05, 3.63) is 69.5 Å². The van der Waals surface area contributed by atoms with Gasteiger partial charge in [-0.1, -0.05) is 11.6 Å². The lowest BCUT2D eigenvalue weighted by atomic mass is 10.2. The lowest BCUT2D eigenvalue weighted by Crippen LogP contribution is -2.46. The van der Waals surface area contributed by atoms with Crippen LogP contribution in [0.1, 0.15) is 5.69 Å². The van der Waals surface area contributed by atoms with Gasteiger partial charge in [-0.2, -0.15) is 0 Å². The number of benzene rings is 1. The maximum absolute atomic E-state index is 10.9. The summed E-state index contributed by atoms with van der Waals surface area (Å²) >= 11 is 5.88. The molecular weight excluding hydrogens is 366 g/mol. The first-order valence-electron chi connectivity index (χ1n) is 8.71. The number of aromatic nitrogens is 2. The molecule has 1 aliphatic rings. The molecule has 0 atom stereocenters. The van der Waals surface area contributed by atoms with Crippen LogP contribution < -0.4 is 4.90 Å². The van der Waals surface area contributed by atoms with E-state index in [0.29, 0.717) is 5.02 Å². The zero-order chi connectivity index (χ0) is 18.8. The van der Waals surface area contributed by atoms with E-state index in [9.17, 15) is 10.1 Å². The van der Waals surface area contributed by atoms with Crippen molar-refractivity contribution < 1.29 is 4.92 Å². The Hall–Kier alpha value is -2.77. The molecule has 4 rings (SSSR count). The largest absolute Gasteiger partial charge is 0.354 e. The molecule has 0 radical (unpaired) electrons. The monoisotopic (exact) mass is 383 g/mol. The standard InChI is InChI=1S/C19H18ClN5O2/c20-15-2-3-16(21-12-15)13-23-7-9-24(10-8-23)19-6-1-14-11-17(25(26)27)4-5-18(14)22-19/h1-6,11-12H,7-10,13H2. The summed E-state index contributed by atoms with van der Waals surface area (Å²) in [5, 5.41) is 12.3. The Bertz CT molecular complexity index is 972. The van der Waals surface area contributed by atoms with Crippen molar-refractivity contribution in [1.29, 1.82) is 0 Å². The lowest BCUT2D eigenvalue weighted by Gasteiger charge is -2.35. The average molecular weight is 384 g/mol. The number of hydrogen-bond donors (Lipinski definition) is 0. The van der Waals surface area contributed by atoms with E-state index in [4.69, 9.17) is 11.6 Å². The molecule has 0 spiro atoms. The summed E-state index contributed by atoms with van der Waals surface area (Å²) in [7, 11) is 0. The number of fused-ring (bicyclic) bond motifs is 1. The highest BCUT2D eigenvalue weighted by Crippen LogP contribution is 2.23. The maximum Gasteiger partial charge on any atom is 0.270 e. The van der Waals surface area contributed by atoms with Gasteiger partial charge in [-0.15, -0.1) is 0 Å². The molecule has 0 unspecified atom stereocenters. The Balaban J connectivity index is 1.42. The first-order valence-corrected chi connectivity index (χ1v) is 9.09. The molecule has 1 aromatic carbocycles. The maximum atomic E-state index is 10.9. The second kappa shape index (κ2) is 7.46. The van der Waals surface area contributed by atoms with Gasteiger partial charge in [0.25, 0.3) is 5.69 Å². The third-order valence-corrected chi connectivity index (χ3v) is 4.96. The van der Waals surface area contributed by atoms with E-state index < -0.39 is 0 Å². The van der Waals surface area contributed by atoms with Crippen molar-refractivity contribution in [2.24, 2.45) is 0 Å². The summed E-state index contributed by atoms with van der Waals surface area (Å²) in [5.74, 6) is 0.903. The zero-order valence-electron chi connectivity index (χ0n) is 14.6. The fourth-order valence-corrected chi connectivity index (χ4v) is 3.37. The molecule has 2 aromatic heterocycles. The van der Waals surface area contributed by atoms with Crippen molar-refractivity contribution >= 4 is 34.0 Å². The van der Waals surface area contributed by atoms with Gasteiger partial charge in [-0.3, -0.25) is 20.0 Å². The van der Waals surface area contributed by atoms with E-state index in [2.05, 4.69) is 19.8 Å². The van der Waals surface area contributed by atoms with Crippen LogP contribution in [0.2, 0.25) is 5.02 Å². The third-order valence-electron chi connectivity index (χ3n) is 4.74. The Morgan fingerprint density at radius 3 is 2.59 bits per heavy atom. The molecule has 1 aliphatic heterocycles. The summed E-state index contributed by atoms with van der Waals surface area (Å²) in [4.78, 5) is 24.1. The van der Waals surface area contributed by atoms with Crippen molar-refractivity contribution in [1.82, 2.24) is 14.9 Å². The summed E-state index contributed by atoms with van der Waals surface area (Å²) in [6.07, 6.45) is 1.68. The van der Waals surface area contributed by atoms with Crippen LogP contribution in [-0.4, -0.2) is 46.0 Å². The predicted octanol–water partition coefficient (Wildman–Crippen LogP) is 3.51. The van der Waals surface area contributed by atoms with Gasteiger partial charge >= 0.3 is 0 Å². The van der Waals surface area contributed by atoms with Gasteiger partial charge in [0.15, 0.2) is 0 Å². The molecule has 1 saturated heterocycles. The number of anilines is 1. The quantitative estimate of drug-likeness (QED) is 0.507. The molecule has 3 heterocycles. The molecule has 27 heavy (non-hydrogen) atoms. The van der Waals surface area contributed by atoms with Crippen LogP contribution >= 0.6 is 11.6 Å². The highest BCUT2D eigenvalue weighted by atomic mass is 35.5. The Kier molecular flexibility index (Phi) is 4.87. The number of pyridine rings is 2. The molecule has 0 saturated carbocycles. The van der Waals surface area contributed by atoms with E-state index in [0.717, 1.165) is 55.1 Å². The first kappa shape index (κ1) is 17.6. The predicted molar refractivity (Wildman–Crippen MR) is 105 cm³/mol. The van der Waals surface area contributed by atoms with Crippen molar-refractivity contribution in [3.63, 3.8) is 0 Å². The number of nitro groups is 1. The number of nitrogens with zero attached hydrogens (tertiary/aromatic N) is 5. The van der Waals surface area contributed by atoms with Crippen LogP contribution in [0.25, 0.3) is 10.9 Å². The molecule has 0 aliphatic carbocycles. The van der Waals surface area contributed by atoms with Crippen LogP contribution in [0.5, 0.6) is 0 Å². The SMILES string of the molecule is O=[N+]([O-])c1ccc2nc(N3CCN(Cc4ccc(Cl)cn4)CC3)ccc2c1. The normalized spacial score (nSPS) is 15.2. The third kappa shape index (κ3) is 3.99. The van der Waals surface area contributed by atoms with Gasteiger partial charge in [0.05, 0.1) is 21.2 Å². The lowest BCUT2D eigenvalue weighted by molar-refractivity contribution is -0.384. The van der Waals surface area contributed by atoms with Crippen molar-refractivity contribution in [3.8, 4) is 0 Å². The van der Waals surface area contributed by atoms with E-state index >= 15 is 0 Å². The smallest absolute Gasteiger partial charge is 0.270 e. The summed E-state index contributed by atoms with van der Waals surface area (Å²) in [5.41, 5.74) is 1.87. The Morgan fingerprint density at radius 1 is 1.07 bits per heavy atom. The first-order chi connectivity index (χ1) is 13.1. The molecule has 0 bridgehead atoms. The molecule has 1 fully saturated rings. The second-order valence-electron chi connectivity index (χ2n) is 6.53. The fourth-order valence-electron chi connectivity index (χ4n) is 3.26. The van der Waals surface area contributed by atoms with Gasteiger partial charge in [0.1, 0.15) is 5.82 Å². The number of non-ortho nitro benzene ring substituents is 1. The van der Waals surface area contributed by atoms with Gasteiger partial charge in [0, 0.05) is 56.4 Å². The summed E-state index contributed by atoms with van der Waals surface area (Å²) in [6.45, 7) is 4.40. The van der Waals surface area contributed by atoms with Gasteiger partial charge in [-0.25, -0.2) is 4.98 Å². The molecule has 0 amide bonds. The molecular formula is C19H18ClN5O2. The minimum atomic E-state index is -0.387. The van der Waals surface area contributed by atoms with Crippen molar-refractivity contribution in [2.75, 3.05) is 31.1 Å². The highest BCUT2D eigenvalue weighted by Gasteiger charge is 2.19. The Morgan fingerprint density at radius 2 is 1.89 bits per heavy atom. The number of nitro benzene ring substituents is 1. The summed E-state index contributed by atoms with van der Waals surface area (Å²) < 4.78 is 0. The molecule has 7 nitrogen and oxygen atoms in total. The minimum Gasteiger partial charge on any atom is -0.354 e. The molecule has 3 aromatic rings. The van der Waals surface area contributed by atoms with Crippen LogP contribution in [0, 0.1) is 10.1 Å². The number of rotatable bonds is 4. The zero-order valence-corrected chi connectivity index (χ0v) is 15.3. The number of halogens is 1. The topological polar surface area (TPSA) is 75.4 Å². The molecule has 8 heteroatoms. The van der Waals surface area contributed by atoms with E-state index in [-0.39, 0.29) is 10.6 Å². The van der Waals surface area contributed by atoms with E-state index in [1.807, 2.05) is 24.3 Å². The van der Waals surface area contributed by atoms with Gasteiger partial charge in [-0.05, 0) is 30.3 Å². The van der Waals surface area contributed by atoms with Gasteiger partial charge in [0.2, 0.25) is 0 Å². The fraction of sp³-hybridized carbons (Fsp3) is 0.263. The summed E-state index contributed by atoms with van der Waals surface area (Å²) in [6, 6.07) is 12.4. The Labute approximate surface area is 161 Å². The van der Waals surface area contributed by atoms with Crippen LogP contribution in [0.15, 0.2) is 48.7 Å². The van der Waals surface area contributed by atoms with Crippen LogP contribution in [0.3, 0.4) is 0 Å². The van der Waals surface area contributed by atoms with E-state index in [1.165, 1.54) is 6.07 Å². The van der Waals surface area contributed by atoms with E-state index in [1.54, 1.807) is 18.3 Å². The van der Waals surface area contributed by atoms with Crippen LogP contribution in [0.4, 0.5) is 11.5 Å². The molecule has 138 valence electrons. The number of piperazine rings is 1.